The maximum Gasteiger partial charge on any atom is 0.251 e. The van der Waals surface area contributed by atoms with Crippen LogP contribution < -0.4 is 5.32 Å². The molecule has 4 atom stereocenters. The number of aryl methyl sites for hydroxylation is 1. The number of carbonyl (C=O) groups excluding carboxylic acids is 1. The van der Waals surface area contributed by atoms with Gasteiger partial charge in [-0.3, -0.25) is 4.79 Å². The van der Waals surface area contributed by atoms with Crippen LogP contribution in [0.3, 0.4) is 0 Å². The number of ether oxygens (including phenoxy) is 1. The van der Waals surface area contributed by atoms with Crippen molar-refractivity contribution in [1.82, 2.24) is 9.62 Å². The van der Waals surface area contributed by atoms with Gasteiger partial charge in [-0.1, -0.05) is 12.5 Å². The lowest BCUT2D eigenvalue weighted by Gasteiger charge is -2.29. The van der Waals surface area contributed by atoms with Crippen molar-refractivity contribution in [2.24, 2.45) is 17.8 Å². The van der Waals surface area contributed by atoms with Crippen LogP contribution in [0, 0.1) is 24.7 Å². The Morgan fingerprint density at radius 3 is 2.61 bits per heavy atom. The second-order valence-electron chi connectivity index (χ2n) is 8.59. The topological polar surface area (TPSA) is 75.7 Å². The quantitative estimate of drug-likeness (QED) is 0.815. The Bertz CT molecular complexity index is 848. The molecule has 1 heterocycles. The average Bonchev–Trinajstić information content (AvgIpc) is 3.32. The normalized spacial score (nSPS) is 29.0. The van der Waals surface area contributed by atoms with Crippen LogP contribution in [0.2, 0.25) is 0 Å². The fraction of sp³-hybridized carbons (Fsp3) is 0.667. The van der Waals surface area contributed by atoms with Crippen LogP contribution in [0.15, 0.2) is 23.1 Å². The molecule has 3 fully saturated rings. The summed E-state index contributed by atoms with van der Waals surface area (Å²) in [6.07, 6.45) is 5.12. The van der Waals surface area contributed by atoms with E-state index in [-0.39, 0.29) is 16.8 Å². The van der Waals surface area contributed by atoms with Crippen LogP contribution in [0.1, 0.15) is 48.5 Å². The summed E-state index contributed by atoms with van der Waals surface area (Å²) in [6, 6.07) is 4.96. The van der Waals surface area contributed by atoms with Crippen molar-refractivity contribution >= 4 is 15.9 Å². The number of carbonyl (C=O) groups is 1. The van der Waals surface area contributed by atoms with Crippen LogP contribution in [0.25, 0.3) is 0 Å². The maximum absolute atomic E-state index is 13.0. The number of amides is 1. The van der Waals surface area contributed by atoms with Gasteiger partial charge >= 0.3 is 0 Å². The highest BCUT2D eigenvalue weighted by molar-refractivity contribution is 7.89. The summed E-state index contributed by atoms with van der Waals surface area (Å²) in [5.74, 6) is 1.93. The molecule has 2 aliphatic carbocycles. The zero-order chi connectivity index (χ0) is 19.9. The van der Waals surface area contributed by atoms with Gasteiger partial charge in [-0.15, -0.1) is 0 Å². The van der Waals surface area contributed by atoms with Gasteiger partial charge in [0.05, 0.1) is 18.1 Å². The van der Waals surface area contributed by atoms with Crippen molar-refractivity contribution < 1.29 is 17.9 Å². The summed E-state index contributed by atoms with van der Waals surface area (Å²) in [6.45, 7) is 5.44. The number of hydrogen-bond acceptors (Lipinski definition) is 4. The molecule has 2 saturated carbocycles. The third-order valence-corrected chi connectivity index (χ3v) is 8.75. The van der Waals surface area contributed by atoms with Gasteiger partial charge in [-0.2, -0.15) is 4.31 Å². The number of sulfonamides is 1. The minimum Gasteiger partial charge on any atom is -0.379 e. The van der Waals surface area contributed by atoms with Gasteiger partial charge < -0.3 is 10.1 Å². The van der Waals surface area contributed by atoms with Crippen molar-refractivity contribution in [2.45, 2.75) is 50.5 Å². The molecule has 6 nitrogen and oxygen atoms in total. The first kappa shape index (κ1) is 19.9. The molecule has 1 saturated heterocycles. The monoisotopic (exact) mass is 406 g/mol. The molecule has 2 bridgehead atoms. The van der Waals surface area contributed by atoms with Crippen molar-refractivity contribution in [3.63, 3.8) is 0 Å². The molecule has 7 heteroatoms. The highest BCUT2D eigenvalue weighted by Crippen LogP contribution is 2.49. The average molecular weight is 407 g/mol. The van der Waals surface area contributed by atoms with Gasteiger partial charge in [0, 0.05) is 24.7 Å². The molecule has 4 rings (SSSR count). The second kappa shape index (κ2) is 7.76. The Morgan fingerprint density at radius 1 is 1.21 bits per heavy atom. The van der Waals surface area contributed by atoms with E-state index in [0.717, 1.165) is 17.4 Å². The summed E-state index contributed by atoms with van der Waals surface area (Å²) >= 11 is 0. The minimum atomic E-state index is -3.61. The number of rotatable bonds is 5. The largest absolute Gasteiger partial charge is 0.379 e. The number of nitrogens with zero attached hydrogens (tertiary/aromatic N) is 1. The molecule has 3 aliphatic rings. The van der Waals surface area contributed by atoms with Gasteiger partial charge in [0.1, 0.15) is 0 Å². The zero-order valence-electron chi connectivity index (χ0n) is 16.7. The molecule has 1 aliphatic heterocycles. The minimum absolute atomic E-state index is 0.113. The number of fused-ring (bicyclic) bond motifs is 2. The Kier molecular flexibility index (Phi) is 5.51. The Balaban J connectivity index is 1.51. The molecular weight excluding hydrogens is 376 g/mol. The molecule has 1 N–H and O–H groups in total. The van der Waals surface area contributed by atoms with E-state index in [1.165, 1.54) is 36.1 Å². The van der Waals surface area contributed by atoms with Gasteiger partial charge in [-0.05, 0) is 68.6 Å². The summed E-state index contributed by atoms with van der Waals surface area (Å²) in [4.78, 5) is 13.1. The van der Waals surface area contributed by atoms with Crippen molar-refractivity contribution in [2.75, 3.05) is 26.3 Å². The van der Waals surface area contributed by atoms with Crippen molar-refractivity contribution in [3.8, 4) is 0 Å². The highest BCUT2D eigenvalue weighted by Gasteiger charge is 2.42. The third kappa shape index (κ3) is 3.72. The number of nitrogens with one attached hydrogen (secondary N) is 1. The molecule has 0 spiro atoms. The first-order chi connectivity index (χ1) is 13.4. The lowest BCUT2D eigenvalue weighted by atomic mass is 9.84. The molecule has 1 amide bonds. The smallest absolute Gasteiger partial charge is 0.251 e. The lowest BCUT2D eigenvalue weighted by Crippen LogP contribution is -2.41. The predicted molar refractivity (Wildman–Crippen MR) is 107 cm³/mol. The van der Waals surface area contributed by atoms with E-state index in [1.807, 2.05) is 6.92 Å². The van der Waals surface area contributed by atoms with Crippen LogP contribution in [-0.2, 0) is 14.8 Å². The molecule has 154 valence electrons. The first-order valence-corrected chi connectivity index (χ1v) is 11.8. The van der Waals surface area contributed by atoms with Gasteiger partial charge in [0.15, 0.2) is 0 Å². The maximum atomic E-state index is 13.0. The summed E-state index contributed by atoms with van der Waals surface area (Å²) < 4.78 is 32.5. The van der Waals surface area contributed by atoms with Crippen molar-refractivity contribution in [3.05, 3.63) is 29.3 Å². The highest BCUT2D eigenvalue weighted by atomic mass is 32.2. The first-order valence-electron chi connectivity index (χ1n) is 10.4. The molecule has 0 unspecified atom stereocenters. The summed E-state index contributed by atoms with van der Waals surface area (Å²) in [5.41, 5.74) is 1.24. The third-order valence-electron chi connectivity index (χ3n) is 6.86. The number of hydrogen-bond donors (Lipinski definition) is 1. The number of morpholine rings is 1. The molecule has 1 aromatic rings. The second-order valence-corrected chi connectivity index (χ2v) is 10.5. The Labute approximate surface area is 167 Å². The summed E-state index contributed by atoms with van der Waals surface area (Å²) in [5, 5.41) is 3.15. The summed E-state index contributed by atoms with van der Waals surface area (Å²) in [7, 11) is -3.61. The van der Waals surface area contributed by atoms with Crippen LogP contribution >= 0.6 is 0 Å². The van der Waals surface area contributed by atoms with E-state index < -0.39 is 10.0 Å². The van der Waals surface area contributed by atoms with E-state index in [0.29, 0.717) is 37.8 Å². The van der Waals surface area contributed by atoms with E-state index in [4.69, 9.17) is 4.74 Å². The van der Waals surface area contributed by atoms with Crippen LogP contribution in [0.4, 0.5) is 0 Å². The fourth-order valence-electron chi connectivity index (χ4n) is 5.24. The number of benzene rings is 1. The Hall–Kier alpha value is -1.44. The van der Waals surface area contributed by atoms with E-state index in [2.05, 4.69) is 12.2 Å². The zero-order valence-corrected chi connectivity index (χ0v) is 17.5. The van der Waals surface area contributed by atoms with Crippen LogP contribution in [-0.4, -0.2) is 51.0 Å². The molecular formula is C21H30N2O4S. The van der Waals surface area contributed by atoms with E-state index in [9.17, 15) is 13.2 Å². The Morgan fingerprint density at radius 2 is 1.96 bits per heavy atom. The molecule has 0 aromatic heterocycles. The molecule has 0 radical (unpaired) electrons. The predicted octanol–water partition coefficient (Wildman–Crippen LogP) is 2.57. The van der Waals surface area contributed by atoms with E-state index in [1.54, 1.807) is 12.1 Å². The fourth-order valence-corrected chi connectivity index (χ4v) is 6.67. The van der Waals surface area contributed by atoms with Crippen LogP contribution in [0.5, 0.6) is 0 Å². The molecule has 1 aromatic carbocycles. The lowest BCUT2D eigenvalue weighted by molar-refractivity contribution is 0.0730. The van der Waals surface area contributed by atoms with Crippen molar-refractivity contribution in [1.29, 1.82) is 0 Å². The molecule has 28 heavy (non-hydrogen) atoms. The SMILES string of the molecule is Cc1ccc(S(=O)(=O)N2CCOCC2)cc1C(=O)N[C@H](C)[C@H]1C[C@@H]2CC[C@@H]1C2. The standard InChI is InChI=1S/C21H30N2O4S/c1-14-3-6-18(28(25,26)23-7-9-27-10-8-23)13-19(14)21(24)22-15(2)20-12-16-4-5-17(20)11-16/h3,6,13,15-17,20H,4-5,7-12H2,1-2H3,(H,22,24)/t15-,16-,17-,20-/m1/s1. The van der Waals surface area contributed by atoms with Gasteiger partial charge in [-0.25, -0.2) is 8.42 Å². The van der Waals surface area contributed by atoms with Gasteiger partial charge in [0.25, 0.3) is 5.91 Å². The van der Waals surface area contributed by atoms with E-state index >= 15 is 0 Å². The van der Waals surface area contributed by atoms with Gasteiger partial charge in [0.2, 0.25) is 10.0 Å².